The van der Waals surface area contributed by atoms with Crippen LogP contribution in [0.25, 0.3) is 11.3 Å². The third-order valence-corrected chi connectivity index (χ3v) is 6.69. The highest BCUT2D eigenvalue weighted by molar-refractivity contribution is 6.30. The fourth-order valence-corrected chi connectivity index (χ4v) is 4.83. The second-order valence-corrected chi connectivity index (χ2v) is 9.43. The van der Waals surface area contributed by atoms with E-state index in [2.05, 4.69) is 34.6 Å². The first kappa shape index (κ1) is 24.0. The quantitative estimate of drug-likeness (QED) is 0.318. The lowest BCUT2D eigenvalue weighted by Crippen LogP contribution is -2.16. The number of carboxylic acid groups (broad SMARTS) is 1. The standard InChI is InChI=1S/C27H29ClN2O4/c28-22-3-1-4-23(16-22)30-27-29-17-25(34-27)21-13-11-20(12-14-21)19-9-7-18(8-10-19)15-24(31)5-2-6-26(32)33/h1,3-4,11-14,16-19H,2,5-10,15H2,(H,29,30)(H,32,33). The molecule has 0 unspecified atom stereocenters. The van der Waals surface area contributed by atoms with Crippen LogP contribution in [0, 0.1) is 5.92 Å². The summed E-state index contributed by atoms with van der Waals surface area (Å²) in [6.07, 6.45) is 7.41. The number of benzene rings is 2. The lowest BCUT2D eigenvalue weighted by molar-refractivity contribution is -0.137. The van der Waals surface area contributed by atoms with Crippen molar-refractivity contribution >= 4 is 35.1 Å². The predicted molar refractivity (Wildman–Crippen MR) is 132 cm³/mol. The van der Waals surface area contributed by atoms with Crippen molar-refractivity contribution in [3.8, 4) is 11.3 Å². The summed E-state index contributed by atoms with van der Waals surface area (Å²) in [7, 11) is 0. The average Bonchev–Trinajstić information content (AvgIpc) is 3.28. The van der Waals surface area contributed by atoms with Crippen LogP contribution in [0.2, 0.25) is 5.02 Å². The zero-order valence-electron chi connectivity index (χ0n) is 19.0. The van der Waals surface area contributed by atoms with Crippen molar-refractivity contribution < 1.29 is 19.1 Å². The molecule has 6 nitrogen and oxygen atoms in total. The molecule has 1 aromatic heterocycles. The Morgan fingerprint density at radius 1 is 1.06 bits per heavy atom. The number of halogens is 1. The van der Waals surface area contributed by atoms with Gasteiger partial charge in [-0.15, -0.1) is 0 Å². The molecule has 1 saturated carbocycles. The van der Waals surface area contributed by atoms with Crippen LogP contribution in [0.4, 0.5) is 11.7 Å². The van der Waals surface area contributed by atoms with Crippen LogP contribution in [0.3, 0.4) is 0 Å². The molecule has 1 aliphatic carbocycles. The van der Waals surface area contributed by atoms with E-state index in [1.54, 1.807) is 6.20 Å². The van der Waals surface area contributed by atoms with Crippen molar-refractivity contribution in [1.29, 1.82) is 0 Å². The van der Waals surface area contributed by atoms with E-state index in [0.717, 1.165) is 36.9 Å². The van der Waals surface area contributed by atoms with Gasteiger partial charge in [-0.25, -0.2) is 4.98 Å². The summed E-state index contributed by atoms with van der Waals surface area (Å²) in [4.78, 5) is 27.0. The van der Waals surface area contributed by atoms with Gasteiger partial charge in [0, 0.05) is 35.5 Å². The molecule has 1 heterocycles. The number of nitrogens with zero attached hydrogens (tertiary/aromatic N) is 1. The Kier molecular flexibility index (Phi) is 8.01. The number of carboxylic acids is 1. The number of carbonyl (C=O) groups excluding carboxylic acids is 1. The normalized spacial score (nSPS) is 17.9. The molecule has 1 fully saturated rings. The maximum Gasteiger partial charge on any atom is 0.303 e. The van der Waals surface area contributed by atoms with Crippen LogP contribution in [0.5, 0.6) is 0 Å². The summed E-state index contributed by atoms with van der Waals surface area (Å²) < 4.78 is 5.86. The molecule has 4 rings (SSSR count). The first-order chi connectivity index (χ1) is 16.5. The lowest BCUT2D eigenvalue weighted by Gasteiger charge is -2.28. The van der Waals surface area contributed by atoms with E-state index in [0.29, 0.717) is 47.9 Å². The molecule has 2 aromatic carbocycles. The molecule has 2 N–H and O–H groups in total. The van der Waals surface area contributed by atoms with Gasteiger partial charge in [-0.05, 0) is 67.7 Å². The van der Waals surface area contributed by atoms with E-state index in [1.807, 2.05) is 24.3 Å². The number of hydrogen-bond acceptors (Lipinski definition) is 5. The molecule has 178 valence electrons. The second-order valence-electron chi connectivity index (χ2n) is 8.99. The molecule has 0 atom stereocenters. The number of oxazole rings is 1. The Labute approximate surface area is 204 Å². The minimum Gasteiger partial charge on any atom is -0.481 e. The zero-order valence-corrected chi connectivity index (χ0v) is 19.8. The Bertz CT molecular complexity index is 1120. The highest BCUT2D eigenvalue weighted by Gasteiger charge is 2.24. The highest BCUT2D eigenvalue weighted by atomic mass is 35.5. The first-order valence-electron chi connectivity index (χ1n) is 11.8. The molecule has 0 aliphatic heterocycles. The van der Waals surface area contributed by atoms with Gasteiger partial charge < -0.3 is 14.8 Å². The van der Waals surface area contributed by atoms with Crippen LogP contribution < -0.4 is 5.32 Å². The largest absolute Gasteiger partial charge is 0.481 e. The van der Waals surface area contributed by atoms with E-state index in [1.165, 1.54) is 5.56 Å². The van der Waals surface area contributed by atoms with Crippen LogP contribution in [0.1, 0.15) is 62.8 Å². The Balaban J connectivity index is 1.27. The fraction of sp³-hybridized carbons (Fsp3) is 0.370. The third kappa shape index (κ3) is 6.70. The second kappa shape index (κ2) is 11.3. The molecule has 0 bridgehead atoms. The maximum absolute atomic E-state index is 12.1. The van der Waals surface area contributed by atoms with Crippen molar-refractivity contribution in [2.24, 2.45) is 5.92 Å². The molecule has 0 amide bonds. The highest BCUT2D eigenvalue weighted by Crippen LogP contribution is 2.38. The summed E-state index contributed by atoms with van der Waals surface area (Å²) in [6.45, 7) is 0. The van der Waals surface area contributed by atoms with Gasteiger partial charge in [-0.1, -0.05) is 41.9 Å². The number of Topliss-reactive ketones (excluding diaryl/α,β-unsaturated/α-hetero) is 1. The van der Waals surface area contributed by atoms with Gasteiger partial charge >= 0.3 is 5.97 Å². The summed E-state index contributed by atoms with van der Waals surface area (Å²) >= 11 is 6.02. The van der Waals surface area contributed by atoms with E-state index in [9.17, 15) is 9.59 Å². The Morgan fingerprint density at radius 3 is 2.53 bits per heavy atom. The van der Waals surface area contributed by atoms with Gasteiger partial charge in [-0.2, -0.15) is 0 Å². The van der Waals surface area contributed by atoms with E-state index >= 15 is 0 Å². The van der Waals surface area contributed by atoms with E-state index in [-0.39, 0.29) is 12.2 Å². The summed E-state index contributed by atoms with van der Waals surface area (Å²) in [5, 5.41) is 12.5. The number of hydrogen-bond donors (Lipinski definition) is 2. The predicted octanol–water partition coefficient (Wildman–Crippen LogP) is 7.23. The molecule has 0 radical (unpaired) electrons. The summed E-state index contributed by atoms with van der Waals surface area (Å²) in [5.74, 6) is 0.985. The minimum atomic E-state index is -0.836. The molecule has 7 heteroatoms. The van der Waals surface area contributed by atoms with Crippen molar-refractivity contribution in [3.05, 3.63) is 65.3 Å². The smallest absolute Gasteiger partial charge is 0.303 e. The van der Waals surface area contributed by atoms with Gasteiger partial charge in [0.15, 0.2) is 5.76 Å². The summed E-state index contributed by atoms with van der Waals surface area (Å²) in [6, 6.07) is 16.2. The number of aliphatic carboxylic acids is 1. The molecular formula is C27H29ClN2O4. The number of aromatic nitrogens is 1. The van der Waals surface area contributed by atoms with Crippen molar-refractivity contribution in [2.45, 2.75) is 57.3 Å². The van der Waals surface area contributed by atoms with Gasteiger partial charge in [0.25, 0.3) is 6.01 Å². The van der Waals surface area contributed by atoms with Crippen molar-refractivity contribution in [3.63, 3.8) is 0 Å². The number of carbonyl (C=O) groups is 2. The minimum absolute atomic E-state index is 0.0717. The Morgan fingerprint density at radius 2 is 1.82 bits per heavy atom. The molecule has 34 heavy (non-hydrogen) atoms. The van der Waals surface area contributed by atoms with Crippen LogP contribution in [0.15, 0.2) is 59.1 Å². The molecule has 3 aromatic rings. The number of rotatable bonds is 10. The fourth-order valence-electron chi connectivity index (χ4n) is 4.64. The number of ketones is 1. The van der Waals surface area contributed by atoms with E-state index < -0.39 is 5.97 Å². The monoisotopic (exact) mass is 480 g/mol. The van der Waals surface area contributed by atoms with Gasteiger partial charge in [0.1, 0.15) is 5.78 Å². The Hall–Kier alpha value is -3.12. The first-order valence-corrected chi connectivity index (χ1v) is 12.2. The molecule has 0 spiro atoms. The molecule has 1 aliphatic rings. The maximum atomic E-state index is 12.1. The zero-order chi connectivity index (χ0) is 23.9. The van der Waals surface area contributed by atoms with Gasteiger partial charge in [-0.3, -0.25) is 9.59 Å². The number of anilines is 2. The third-order valence-electron chi connectivity index (χ3n) is 6.46. The lowest BCUT2D eigenvalue weighted by atomic mass is 9.76. The van der Waals surface area contributed by atoms with Crippen LogP contribution in [-0.4, -0.2) is 21.8 Å². The van der Waals surface area contributed by atoms with Crippen LogP contribution in [-0.2, 0) is 9.59 Å². The molecular weight excluding hydrogens is 452 g/mol. The van der Waals surface area contributed by atoms with Crippen LogP contribution >= 0.6 is 11.6 Å². The molecule has 0 saturated heterocycles. The average molecular weight is 481 g/mol. The van der Waals surface area contributed by atoms with Gasteiger partial charge in [0.05, 0.1) is 6.20 Å². The van der Waals surface area contributed by atoms with E-state index in [4.69, 9.17) is 21.1 Å². The summed E-state index contributed by atoms with van der Waals surface area (Å²) in [5.41, 5.74) is 3.09. The van der Waals surface area contributed by atoms with Crippen molar-refractivity contribution in [1.82, 2.24) is 4.98 Å². The van der Waals surface area contributed by atoms with Crippen molar-refractivity contribution in [2.75, 3.05) is 5.32 Å². The van der Waals surface area contributed by atoms with Gasteiger partial charge in [0.2, 0.25) is 0 Å². The number of nitrogens with one attached hydrogen (secondary N) is 1. The SMILES string of the molecule is O=C(O)CCCC(=O)CC1CCC(c2ccc(-c3cnc(Nc4cccc(Cl)c4)o3)cc2)CC1. The topological polar surface area (TPSA) is 92.4 Å².